The van der Waals surface area contributed by atoms with Crippen LogP contribution in [0, 0.1) is 11.7 Å². The highest BCUT2D eigenvalue weighted by Crippen LogP contribution is 2.16. The van der Waals surface area contributed by atoms with Crippen molar-refractivity contribution in [2.24, 2.45) is 5.92 Å². The number of halogens is 1. The van der Waals surface area contributed by atoms with Gasteiger partial charge in [0.25, 0.3) is 11.8 Å². The predicted molar refractivity (Wildman–Crippen MR) is 109 cm³/mol. The summed E-state index contributed by atoms with van der Waals surface area (Å²) < 4.78 is 20.0. The molecule has 1 aliphatic rings. The van der Waals surface area contributed by atoms with Gasteiger partial charge in [-0.05, 0) is 30.2 Å². The minimum Gasteiger partial charge on any atom is -0.373 e. The van der Waals surface area contributed by atoms with Crippen LogP contribution in [0.4, 0.5) is 4.39 Å². The number of nitrogens with zero attached hydrogens (tertiary/aromatic N) is 2. The molecule has 154 valence electrons. The Morgan fingerprint density at radius 1 is 1.14 bits per heavy atom. The molecule has 3 rings (SSSR count). The monoisotopic (exact) mass is 398 g/mol. The molecule has 1 unspecified atom stereocenters. The van der Waals surface area contributed by atoms with Crippen molar-refractivity contribution in [1.82, 2.24) is 9.80 Å². The number of amides is 2. The molecule has 1 aliphatic heterocycles. The van der Waals surface area contributed by atoms with Crippen LogP contribution >= 0.6 is 0 Å². The first-order valence-corrected chi connectivity index (χ1v) is 9.95. The molecule has 2 amide bonds. The molecular weight excluding hydrogens is 371 g/mol. The lowest BCUT2D eigenvalue weighted by Gasteiger charge is -2.36. The van der Waals surface area contributed by atoms with Crippen molar-refractivity contribution in [3.63, 3.8) is 0 Å². The van der Waals surface area contributed by atoms with Gasteiger partial charge in [-0.15, -0.1) is 0 Å². The summed E-state index contributed by atoms with van der Waals surface area (Å²) in [4.78, 5) is 29.1. The Bertz CT molecular complexity index is 841. The van der Waals surface area contributed by atoms with Gasteiger partial charge in [0.15, 0.2) is 0 Å². The molecule has 1 atom stereocenters. The van der Waals surface area contributed by atoms with Gasteiger partial charge in [0.1, 0.15) is 5.82 Å². The average Bonchev–Trinajstić information content (AvgIpc) is 2.73. The van der Waals surface area contributed by atoms with E-state index in [1.54, 1.807) is 34.1 Å². The third-order valence-electron chi connectivity index (χ3n) is 4.85. The fourth-order valence-electron chi connectivity index (χ4n) is 3.51. The number of morpholine rings is 1. The lowest BCUT2D eigenvalue weighted by molar-refractivity contribution is -0.0340. The van der Waals surface area contributed by atoms with Gasteiger partial charge in [-0.25, -0.2) is 4.39 Å². The van der Waals surface area contributed by atoms with Crippen LogP contribution in [0.3, 0.4) is 0 Å². The second kappa shape index (κ2) is 9.65. The third-order valence-corrected chi connectivity index (χ3v) is 4.85. The Morgan fingerprint density at radius 2 is 1.83 bits per heavy atom. The smallest absolute Gasteiger partial charge is 0.256 e. The first-order valence-electron chi connectivity index (χ1n) is 9.95. The van der Waals surface area contributed by atoms with Crippen LogP contribution in [0.1, 0.15) is 34.6 Å². The first-order chi connectivity index (χ1) is 14.0. The molecule has 0 aromatic heterocycles. The van der Waals surface area contributed by atoms with E-state index in [0.717, 1.165) is 0 Å². The van der Waals surface area contributed by atoms with Crippen molar-refractivity contribution in [3.8, 4) is 0 Å². The summed E-state index contributed by atoms with van der Waals surface area (Å²) in [6, 6.07) is 15.1. The van der Waals surface area contributed by atoms with E-state index < -0.39 is 5.82 Å². The number of carbonyl (C=O) groups is 2. The highest BCUT2D eigenvalue weighted by Gasteiger charge is 2.29. The lowest BCUT2D eigenvalue weighted by atomic mass is 10.1. The molecule has 0 N–H and O–H groups in total. The van der Waals surface area contributed by atoms with Gasteiger partial charge < -0.3 is 14.5 Å². The summed E-state index contributed by atoms with van der Waals surface area (Å²) in [5.74, 6) is -0.713. The SMILES string of the molecule is CC(C)CN(CC1CN(C(=O)c2ccccc2)CCO1)C(=O)c1ccccc1F. The molecule has 2 aromatic rings. The van der Waals surface area contributed by atoms with Crippen molar-refractivity contribution in [2.45, 2.75) is 20.0 Å². The molecule has 6 heteroatoms. The van der Waals surface area contributed by atoms with Crippen LogP contribution < -0.4 is 0 Å². The second-order valence-corrected chi connectivity index (χ2v) is 7.69. The van der Waals surface area contributed by atoms with Gasteiger partial charge in [0.05, 0.1) is 18.3 Å². The Morgan fingerprint density at radius 3 is 2.52 bits per heavy atom. The summed E-state index contributed by atoms with van der Waals surface area (Å²) in [5, 5.41) is 0. The van der Waals surface area contributed by atoms with Crippen LogP contribution in [-0.4, -0.2) is 60.5 Å². The van der Waals surface area contributed by atoms with E-state index in [1.165, 1.54) is 12.1 Å². The Hall–Kier alpha value is -2.73. The maximum absolute atomic E-state index is 14.1. The Balaban J connectivity index is 1.71. The van der Waals surface area contributed by atoms with E-state index in [0.29, 0.717) is 38.3 Å². The summed E-state index contributed by atoms with van der Waals surface area (Å²) in [5.41, 5.74) is 0.691. The van der Waals surface area contributed by atoms with E-state index in [-0.39, 0.29) is 29.4 Å². The normalized spacial score (nSPS) is 16.7. The van der Waals surface area contributed by atoms with Crippen LogP contribution in [0.5, 0.6) is 0 Å². The largest absolute Gasteiger partial charge is 0.373 e. The minimum atomic E-state index is -0.531. The Kier molecular flexibility index (Phi) is 6.99. The zero-order chi connectivity index (χ0) is 20.8. The molecule has 0 bridgehead atoms. The van der Waals surface area contributed by atoms with Crippen molar-refractivity contribution in [1.29, 1.82) is 0 Å². The van der Waals surface area contributed by atoms with E-state index in [1.807, 2.05) is 32.0 Å². The van der Waals surface area contributed by atoms with Gasteiger partial charge in [0.2, 0.25) is 0 Å². The summed E-state index contributed by atoms with van der Waals surface area (Å²) in [7, 11) is 0. The van der Waals surface area contributed by atoms with Crippen molar-refractivity contribution in [3.05, 3.63) is 71.5 Å². The molecule has 2 aromatic carbocycles. The van der Waals surface area contributed by atoms with Crippen LogP contribution in [0.15, 0.2) is 54.6 Å². The van der Waals surface area contributed by atoms with Crippen molar-refractivity contribution >= 4 is 11.8 Å². The number of hydrogen-bond donors (Lipinski definition) is 0. The molecule has 0 radical (unpaired) electrons. The highest BCUT2D eigenvalue weighted by molar-refractivity contribution is 5.95. The number of carbonyl (C=O) groups excluding carboxylic acids is 2. The van der Waals surface area contributed by atoms with Gasteiger partial charge in [-0.1, -0.05) is 44.2 Å². The topological polar surface area (TPSA) is 49.9 Å². The average molecular weight is 398 g/mol. The number of rotatable bonds is 6. The molecule has 1 saturated heterocycles. The molecule has 0 spiro atoms. The fraction of sp³-hybridized carbons (Fsp3) is 0.391. The van der Waals surface area contributed by atoms with Crippen LogP contribution in [0.25, 0.3) is 0 Å². The van der Waals surface area contributed by atoms with Crippen LogP contribution in [0.2, 0.25) is 0 Å². The van der Waals surface area contributed by atoms with E-state index in [4.69, 9.17) is 4.74 Å². The standard InChI is InChI=1S/C23H27FN2O3/c1-17(2)14-26(23(28)20-10-6-7-11-21(20)24)16-19-15-25(12-13-29-19)22(27)18-8-4-3-5-9-18/h3-11,17,19H,12-16H2,1-2H3. The minimum absolute atomic E-state index is 0.0465. The number of ether oxygens (including phenoxy) is 1. The summed E-state index contributed by atoms with van der Waals surface area (Å²) in [6.07, 6.45) is -0.314. The first kappa shape index (κ1) is 21.0. The van der Waals surface area contributed by atoms with E-state index in [2.05, 4.69) is 0 Å². The Labute approximate surface area is 171 Å². The molecule has 0 aliphatic carbocycles. The molecular formula is C23H27FN2O3. The summed E-state index contributed by atoms with van der Waals surface area (Å²) in [6.45, 7) is 6.13. The van der Waals surface area contributed by atoms with Gasteiger partial charge in [-0.3, -0.25) is 9.59 Å². The maximum Gasteiger partial charge on any atom is 0.256 e. The molecule has 1 heterocycles. The molecule has 5 nitrogen and oxygen atoms in total. The highest BCUT2D eigenvalue weighted by atomic mass is 19.1. The molecule has 29 heavy (non-hydrogen) atoms. The van der Waals surface area contributed by atoms with Crippen LogP contribution in [-0.2, 0) is 4.74 Å². The molecule has 1 fully saturated rings. The number of benzene rings is 2. The number of hydrogen-bond acceptors (Lipinski definition) is 3. The zero-order valence-corrected chi connectivity index (χ0v) is 16.9. The molecule has 0 saturated carbocycles. The second-order valence-electron chi connectivity index (χ2n) is 7.69. The fourth-order valence-corrected chi connectivity index (χ4v) is 3.51. The lowest BCUT2D eigenvalue weighted by Crippen LogP contribution is -2.51. The third kappa shape index (κ3) is 5.41. The van der Waals surface area contributed by atoms with Gasteiger partial charge in [0, 0.05) is 31.7 Å². The zero-order valence-electron chi connectivity index (χ0n) is 16.9. The van der Waals surface area contributed by atoms with E-state index >= 15 is 0 Å². The van der Waals surface area contributed by atoms with Gasteiger partial charge in [-0.2, -0.15) is 0 Å². The van der Waals surface area contributed by atoms with Crippen molar-refractivity contribution in [2.75, 3.05) is 32.8 Å². The predicted octanol–water partition coefficient (Wildman–Crippen LogP) is 3.47. The van der Waals surface area contributed by atoms with Crippen molar-refractivity contribution < 1.29 is 18.7 Å². The van der Waals surface area contributed by atoms with Gasteiger partial charge >= 0.3 is 0 Å². The van der Waals surface area contributed by atoms with E-state index in [9.17, 15) is 14.0 Å². The maximum atomic E-state index is 14.1. The quantitative estimate of drug-likeness (QED) is 0.749. The summed E-state index contributed by atoms with van der Waals surface area (Å²) >= 11 is 0.